The molecule has 0 unspecified atom stereocenters. The van der Waals surface area contributed by atoms with Crippen molar-refractivity contribution >= 4 is 5.69 Å². The zero-order chi connectivity index (χ0) is 9.64. The second kappa shape index (κ2) is 4.98. The van der Waals surface area contributed by atoms with Crippen molar-refractivity contribution in [3.63, 3.8) is 0 Å². The lowest BCUT2D eigenvalue weighted by molar-refractivity contribution is 0.0358. The minimum absolute atomic E-state index is 0.785. The monoisotopic (exact) mass is 191 g/mol. The summed E-state index contributed by atoms with van der Waals surface area (Å²) >= 11 is 0. The van der Waals surface area contributed by atoms with Gasteiger partial charge in [0, 0.05) is 13.1 Å². The van der Waals surface area contributed by atoms with Crippen LogP contribution in [0.25, 0.3) is 0 Å². The Morgan fingerprint density at radius 2 is 1.86 bits per heavy atom. The molecule has 14 heavy (non-hydrogen) atoms. The van der Waals surface area contributed by atoms with Gasteiger partial charge in [-0.25, -0.2) is 0 Å². The molecule has 3 heteroatoms. The molecule has 0 bridgehead atoms. The van der Waals surface area contributed by atoms with Crippen LogP contribution in [0.4, 0.5) is 5.69 Å². The molecule has 0 aromatic heterocycles. The van der Waals surface area contributed by atoms with E-state index in [1.165, 1.54) is 0 Å². The number of hydrogen-bond donors (Lipinski definition) is 0. The molecular formula is C11H15N2O. The molecule has 0 saturated carbocycles. The lowest BCUT2D eigenvalue weighted by Crippen LogP contribution is -2.39. The molecule has 0 atom stereocenters. The average molecular weight is 191 g/mol. The maximum atomic E-state index is 5.27. The van der Waals surface area contributed by atoms with Gasteiger partial charge in [-0.2, -0.15) is 0 Å². The molecular weight excluding hydrogens is 176 g/mol. The highest BCUT2D eigenvalue weighted by molar-refractivity contribution is 5.34. The van der Waals surface area contributed by atoms with Gasteiger partial charge in [-0.15, -0.1) is 0 Å². The molecule has 0 amide bonds. The van der Waals surface area contributed by atoms with Gasteiger partial charge in [0.2, 0.25) is 0 Å². The van der Waals surface area contributed by atoms with E-state index in [4.69, 9.17) is 4.74 Å². The summed E-state index contributed by atoms with van der Waals surface area (Å²) in [7, 11) is 0. The van der Waals surface area contributed by atoms with Crippen molar-refractivity contribution < 1.29 is 4.74 Å². The third-order valence-electron chi connectivity index (χ3n) is 2.31. The van der Waals surface area contributed by atoms with Crippen LogP contribution >= 0.6 is 0 Å². The van der Waals surface area contributed by atoms with Crippen LogP contribution in [0.5, 0.6) is 0 Å². The lowest BCUT2D eigenvalue weighted by Gasteiger charge is -2.25. The molecule has 0 spiro atoms. The molecule has 1 heterocycles. The van der Waals surface area contributed by atoms with E-state index >= 15 is 0 Å². The predicted octanol–water partition coefficient (Wildman–Crippen LogP) is 1.21. The van der Waals surface area contributed by atoms with Gasteiger partial charge in [0.15, 0.2) is 0 Å². The minimum Gasteiger partial charge on any atom is -0.379 e. The van der Waals surface area contributed by atoms with Crippen molar-refractivity contribution in [3.05, 3.63) is 30.3 Å². The van der Waals surface area contributed by atoms with E-state index in [9.17, 15) is 0 Å². The number of rotatable bonds is 3. The topological polar surface area (TPSA) is 26.6 Å². The Morgan fingerprint density at radius 1 is 1.14 bits per heavy atom. The number of benzene rings is 1. The number of morpholine rings is 1. The highest BCUT2D eigenvalue weighted by Gasteiger charge is 2.09. The van der Waals surface area contributed by atoms with Gasteiger partial charge in [-0.1, -0.05) is 18.2 Å². The van der Waals surface area contributed by atoms with Gasteiger partial charge in [-0.05, 0) is 12.1 Å². The molecule has 0 N–H and O–H groups in total. The molecule has 1 radical (unpaired) electrons. The first-order chi connectivity index (χ1) is 6.95. The quantitative estimate of drug-likeness (QED) is 0.718. The van der Waals surface area contributed by atoms with Crippen molar-refractivity contribution in [2.45, 2.75) is 0 Å². The van der Waals surface area contributed by atoms with Crippen LogP contribution in [0, 0.1) is 0 Å². The summed E-state index contributed by atoms with van der Waals surface area (Å²) in [5.41, 5.74) is 1.05. The summed E-state index contributed by atoms with van der Waals surface area (Å²) in [4.78, 5) is 2.30. The summed E-state index contributed by atoms with van der Waals surface area (Å²) in [6.07, 6.45) is 0. The Hall–Kier alpha value is -1.06. The highest BCUT2D eigenvalue weighted by Crippen LogP contribution is 2.05. The van der Waals surface area contributed by atoms with Gasteiger partial charge in [0.05, 0.1) is 25.6 Å². The van der Waals surface area contributed by atoms with Crippen LogP contribution < -0.4 is 5.32 Å². The zero-order valence-corrected chi connectivity index (χ0v) is 8.22. The summed E-state index contributed by atoms with van der Waals surface area (Å²) in [5.74, 6) is 0. The van der Waals surface area contributed by atoms with Gasteiger partial charge in [-0.3, -0.25) is 10.2 Å². The van der Waals surface area contributed by atoms with Gasteiger partial charge in [0.1, 0.15) is 0 Å². The molecule has 1 aromatic rings. The summed E-state index contributed by atoms with van der Waals surface area (Å²) in [5, 5.41) is 4.50. The van der Waals surface area contributed by atoms with Crippen molar-refractivity contribution in [2.75, 3.05) is 33.0 Å². The fraction of sp³-hybridized carbons (Fsp3) is 0.455. The van der Waals surface area contributed by atoms with E-state index in [0.717, 1.165) is 38.7 Å². The van der Waals surface area contributed by atoms with Crippen LogP contribution in [-0.2, 0) is 4.74 Å². The highest BCUT2D eigenvalue weighted by atomic mass is 16.5. The van der Waals surface area contributed by atoms with Crippen LogP contribution in [0.15, 0.2) is 30.3 Å². The second-order valence-corrected chi connectivity index (χ2v) is 3.37. The SMILES string of the molecule is c1ccc([N]CN2CCOCC2)cc1. The number of nitrogens with zero attached hydrogens (tertiary/aromatic N) is 2. The number of hydrogen-bond acceptors (Lipinski definition) is 2. The summed E-state index contributed by atoms with van der Waals surface area (Å²) < 4.78 is 5.27. The Morgan fingerprint density at radius 3 is 2.57 bits per heavy atom. The molecule has 1 saturated heterocycles. The molecule has 1 aromatic carbocycles. The van der Waals surface area contributed by atoms with E-state index in [1.54, 1.807) is 0 Å². The van der Waals surface area contributed by atoms with Gasteiger partial charge in [0.25, 0.3) is 0 Å². The van der Waals surface area contributed by atoms with E-state index < -0.39 is 0 Å². The molecule has 3 nitrogen and oxygen atoms in total. The summed E-state index contributed by atoms with van der Waals surface area (Å²) in [6.45, 7) is 4.45. The summed E-state index contributed by atoms with van der Waals surface area (Å²) in [6, 6.07) is 10.1. The molecule has 1 aliphatic rings. The van der Waals surface area contributed by atoms with E-state index in [-0.39, 0.29) is 0 Å². The molecule has 1 aliphatic heterocycles. The Bertz CT molecular complexity index is 257. The molecule has 2 rings (SSSR count). The maximum Gasteiger partial charge on any atom is 0.0918 e. The third kappa shape index (κ3) is 2.72. The second-order valence-electron chi connectivity index (χ2n) is 3.37. The lowest BCUT2D eigenvalue weighted by atomic mass is 10.3. The third-order valence-corrected chi connectivity index (χ3v) is 2.31. The van der Waals surface area contributed by atoms with E-state index in [2.05, 4.69) is 10.2 Å². The Labute approximate surface area is 84.7 Å². The largest absolute Gasteiger partial charge is 0.379 e. The smallest absolute Gasteiger partial charge is 0.0918 e. The number of para-hydroxylation sites is 1. The fourth-order valence-electron chi connectivity index (χ4n) is 1.46. The van der Waals surface area contributed by atoms with Crippen LogP contribution in [0.3, 0.4) is 0 Å². The first-order valence-corrected chi connectivity index (χ1v) is 4.98. The van der Waals surface area contributed by atoms with Crippen molar-refractivity contribution in [2.24, 2.45) is 0 Å². The minimum atomic E-state index is 0.785. The Kier molecular flexibility index (Phi) is 3.38. The average Bonchev–Trinajstić information content (AvgIpc) is 2.29. The van der Waals surface area contributed by atoms with E-state index in [1.807, 2.05) is 30.3 Å². The first kappa shape index (κ1) is 9.49. The van der Waals surface area contributed by atoms with Crippen LogP contribution in [0.1, 0.15) is 0 Å². The normalized spacial score (nSPS) is 18.0. The number of ether oxygens (including phenoxy) is 1. The standard InChI is InChI=1S/C11H15N2O/c1-2-4-11(5-3-1)12-10-13-6-8-14-9-7-13/h1-5H,6-10H2. The predicted molar refractivity (Wildman–Crippen MR) is 55.5 cm³/mol. The molecule has 0 aliphatic carbocycles. The molecule has 1 fully saturated rings. The van der Waals surface area contributed by atoms with Gasteiger partial charge >= 0.3 is 0 Å². The zero-order valence-electron chi connectivity index (χ0n) is 8.22. The maximum absolute atomic E-state index is 5.27. The molecule has 75 valence electrons. The van der Waals surface area contributed by atoms with Crippen LogP contribution in [-0.4, -0.2) is 37.9 Å². The first-order valence-electron chi connectivity index (χ1n) is 4.98. The van der Waals surface area contributed by atoms with Crippen molar-refractivity contribution in [3.8, 4) is 0 Å². The van der Waals surface area contributed by atoms with Crippen LogP contribution in [0.2, 0.25) is 0 Å². The van der Waals surface area contributed by atoms with Crippen molar-refractivity contribution in [1.29, 1.82) is 0 Å². The van der Waals surface area contributed by atoms with Gasteiger partial charge < -0.3 is 4.74 Å². The Balaban J connectivity index is 1.76. The fourth-order valence-corrected chi connectivity index (χ4v) is 1.46. The van der Waals surface area contributed by atoms with Crippen molar-refractivity contribution in [1.82, 2.24) is 10.2 Å². The van der Waals surface area contributed by atoms with E-state index in [0.29, 0.717) is 0 Å².